The predicted octanol–water partition coefficient (Wildman–Crippen LogP) is 7.42. The number of carbonyl (C=O) groups excluding carboxylic acids is 2. The summed E-state index contributed by atoms with van der Waals surface area (Å²) in [5, 5.41) is 6.00. The summed E-state index contributed by atoms with van der Waals surface area (Å²) < 4.78 is 67.5. The molecule has 5 rings (SSSR count). The smallest absolute Gasteiger partial charge is 0.332 e. The third-order valence-corrected chi connectivity index (χ3v) is 6.40. The summed E-state index contributed by atoms with van der Waals surface area (Å²) in [5.74, 6) is -1.75. The van der Waals surface area contributed by atoms with Gasteiger partial charge < -0.3 is 15.2 Å². The standard InChI is InChI=1S/C31H22F5N3O2/c32-23-8-4-19(5-9-23)15-29(40)37-26-12-13-27-21(16-26)17-28(39(27)18-20-2-1-3-24(33)14-20)30(41)38-25-10-6-22(7-11-25)31(34,35)36/h1-14,16-17H,15,18H2,(H,37,40)(H,38,41). The molecule has 0 saturated carbocycles. The van der Waals surface area contributed by atoms with Crippen molar-refractivity contribution in [2.45, 2.75) is 19.1 Å². The van der Waals surface area contributed by atoms with E-state index in [0.29, 0.717) is 27.7 Å². The van der Waals surface area contributed by atoms with Crippen LogP contribution < -0.4 is 10.6 Å². The molecule has 0 spiro atoms. The molecule has 0 radical (unpaired) electrons. The van der Waals surface area contributed by atoms with Gasteiger partial charge in [-0.3, -0.25) is 9.59 Å². The lowest BCUT2D eigenvalue weighted by molar-refractivity contribution is -0.137. The quantitative estimate of drug-likeness (QED) is 0.203. The summed E-state index contributed by atoms with van der Waals surface area (Å²) in [7, 11) is 0. The Bertz CT molecular complexity index is 1730. The van der Waals surface area contributed by atoms with Gasteiger partial charge in [0.15, 0.2) is 0 Å². The van der Waals surface area contributed by atoms with Crippen LogP contribution in [0.2, 0.25) is 0 Å². The largest absolute Gasteiger partial charge is 0.416 e. The molecule has 208 valence electrons. The van der Waals surface area contributed by atoms with Crippen molar-refractivity contribution in [3.8, 4) is 0 Å². The molecule has 0 atom stereocenters. The van der Waals surface area contributed by atoms with Gasteiger partial charge in [-0.15, -0.1) is 0 Å². The van der Waals surface area contributed by atoms with Crippen LogP contribution in [-0.2, 0) is 23.9 Å². The molecule has 0 unspecified atom stereocenters. The van der Waals surface area contributed by atoms with Crippen LogP contribution in [-0.4, -0.2) is 16.4 Å². The molecule has 2 amide bonds. The number of aromatic nitrogens is 1. The van der Waals surface area contributed by atoms with Gasteiger partial charge in [0.25, 0.3) is 5.91 Å². The van der Waals surface area contributed by atoms with Crippen molar-refractivity contribution in [1.29, 1.82) is 0 Å². The number of hydrogen-bond donors (Lipinski definition) is 2. The van der Waals surface area contributed by atoms with Crippen molar-refractivity contribution in [1.82, 2.24) is 4.57 Å². The molecular formula is C31H22F5N3O2. The molecule has 1 heterocycles. The Morgan fingerprint density at radius 2 is 1.41 bits per heavy atom. The van der Waals surface area contributed by atoms with E-state index in [0.717, 1.165) is 24.3 Å². The Labute approximate surface area is 231 Å². The molecule has 0 aliphatic rings. The summed E-state index contributed by atoms with van der Waals surface area (Å²) in [6.07, 6.45) is -4.48. The van der Waals surface area contributed by atoms with Crippen LogP contribution in [0.3, 0.4) is 0 Å². The van der Waals surface area contributed by atoms with Crippen molar-refractivity contribution < 1.29 is 31.5 Å². The maximum atomic E-state index is 13.9. The van der Waals surface area contributed by atoms with E-state index in [1.165, 1.54) is 36.4 Å². The minimum Gasteiger partial charge on any atom is -0.332 e. The Kier molecular flexibility index (Phi) is 7.56. The topological polar surface area (TPSA) is 63.1 Å². The fraction of sp³-hybridized carbons (Fsp3) is 0.0968. The number of anilines is 2. The molecule has 0 bridgehead atoms. The predicted molar refractivity (Wildman–Crippen MR) is 146 cm³/mol. The molecular weight excluding hydrogens is 541 g/mol. The number of carbonyl (C=O) groups is 2. The SMILES string of the molecule is O=C(Cc1ccc(F)cc1)Nc1ccc2c(c1)cc(C(=O)Nc1ccc(C(F)(F)F)cc1)n2Cc1cccc(F)c1. The molecule has 4 aromatic carbocycles. The number of halogens is 5. The number of nitrogens with one attached hydrogen (secondary N) is 2. The van der Waals surface area contributed by atoms with Crippen LogP contribution in [0.5, 0.6) is 0 Å². The first-order valence-corrected chi connectivity index (χ1v) is 12.5. The number of fused-ring (bicyclic) bond motifs is 1. The minimum atomic E-state index is -4.51. The molecule has 41 heavy (non-hydrogen) atoms. The average Bonchev–Trinajstić information content (AvgIpc) is 3.27. The number of rotatable bonds is 7. The lowest BCUT2D eigenvalue weighted by Gasteiger charge is -2.13. The van der Waals surface area contributed by atoms with Crippen molar-refractivity contribution in [3.63, 3.8) is 0 Å². The highest BCUT2D eigenvalue weighted by Gasteiger charge is 2.30. The summed E-state index contributed by atoms with van der Waals surface area (Å²) in [5.41, 5.74) is 1.80. The first kappa shape index (κ1) is 27.6. The Balaban J connectivity index is 1.43. The zero-order valence-corrected chi connectivity index (χ0v) is 21.3. The summed E-state index contributed by atoms with van der Waals surface area (Å²) in [4.78, 5) is 25.9. The minimum absolute atomic E-state index is 0.0275. The van der Waals surface area contributed by atoms with Gasteiger partial charge in [-0.25, -0.2) is 8.78 Å². The normalized spacial score (nSPS) is 11.4. The third kappa shape index (κ3) is 6.60. The van der Waals surface area contributed by atoms with Gasteiger partial charge in [-0.05, 0) is 83.9 Å². The van der Waals surface area contributed by atoms with E-state index in [1.807, 2.05) is 0 Å². The van der Waals surface area contributed by atoms with E-state index in [1.54, 1.807) is 41.0 Å². The van der Waals surface area contributed by atoms with Gasteiger partial charge in [-0.2, -0.15) is 13.2 Å². The van der Waals surface area contributed by atoms with E-state index in [9.17, 15) is 31.5 Å². The van der Waals surface area contributed by atoms with Gasteiger partial charge in [0.05, 0.1) is 12.0 Å². The lowest BCUT2D eigenvalue weighted by atomic mass is 10.1. The van der Waals surface area contributed by atoms with Crippen LogP contribution in [0.4, 0.5) is 33.3 Å². The molecule has 0 aliphatic heterocycles. The summed E-state index contributed by atoms with van der Waals surface area (Å²) >= 11 is 0. The van der Waals surface area contributed by atoms with Crippen LogP contribution in [0.25, 0.3) is 10.9 Å². The molecule has 10 heteroatoms. The van der Waals surface area contributed by atoms with E-state index in [-0.39, 0.29) is 30.3 Å². The lowest BCUT2D eigenvalue weighted by Crippen LogP contribution is -2.17. The second-order valence-electron chi connectivity index (χ2n) is 9.40. The first-order valence-electron chi connectivity index (χ1n) is 12.5. The van der Waals surface area contributed by atoms with Gasteiger partial charge in [0.2, 0.25) is 5.91 Å². The van der Waals surface area contributed by atoms with Crippen molar-refractivity contribution in [2.75, 3.05) is 10.6 Å². The fourth-order valence-corrected chi connectivity index (χ4v) is 4.46. The molecule has 0 fully saturated rings. The molecule has 0 aliphatic carbocycles. The van der Waals surface area contributed by atoms with E-state index < -0.39 is 29.3 Å². The van der Waals surface area contributed by atoms with Crippen molar-refractivity contribution in [3.05, 3.63) is 131 Å². The number of amides is 2. The Hall–Kier alpha value is -4.99. The molecule has 1 aromatic heterocycles. The molecule has 5 nitrogen and oxygen atoms in total. The van der Waals surface area contributed by atoms with Gasteiger partial charge in [-0.1, -0.05) is 24.3 Å². The van der Waals surface area contributed by atoms with Gasteiger partial charge in [0, 0.05) is 28.8 Å². The zero-order chi connectivity index (χ0) is 29.1. The first-order chi connectivity index (χ1) is 19.5. The van der Waals surface area contributed by atoms with Crippen LogP contribution in [0.1, 0.15) is 27.2 Å². The zero-order valence-electron chi connectivity index (χ0n) is 21.3. The number of alkyl halides is 3. The second-order valence-corrected chi connectivity index (χ2v) is 9.40. The highest BCUT2D eigenvalue weighted by molar-refractivity contribution is 6.07. The van der Waals surface area contributed by atoms with E-state index in [2.05, 4.69) is 10.6 Å². The molecule has 2 N–H and O–H groups in total. The van der Waals surface area contributed by atoms with Crippen molar-refractivity contribution in [2.24, 2.45) is 0 Å². The van der Waals surface area contributed by atoms with Crippen LogP contribution in [0, 0.1) is 11.6 Å². The average molecular weight is 564 g/mol. The Morgan fingerprint density at radius 3 is 2.10 bits per heavy atom. The highest BCUT2D eigenvalue weighted by Crippen LogP contribution is 2.30. The second kappa shape index (κ2) is 11.2. The van der Waals surface area contributed by atoms with Gasteiger partial charge >= 0.3 is 6.18 Å². The van der Waals surface area contributed by atoms with Gasteiger partial charge in [0.1, 0.15) is 17.3 Å². The van der Waals surface area contributed by atoms with Crippen molar-refractivity contribution >= 4 is 34.1 Å². The molecule has 5 aromatic rings. The number of nitrogens with zero attached hydrogens (tertiary/aromatic N) is 1. The van der Waals surface area contributed by atoms with Crippen LogP contribution in [0.15, 0.2) is 97.1 Å². The number of hydrogen-bond acceptors (Lipinski definition) is 2. The highest BCUT2D eigenvalue weighted by atomic mass is 19.4. The maximum absolute atomic E-state index is 13.9. The number of benzene rings is 4. The third-order valence-electron chi connectivity index (χ3n) is 6.40. The Morgan fingerprint density at radius 1 is 0.707 bits per heavy atom. The van der Waals surface area contributed by atoms with Crippen LogP contribution >= 0.6 is 0 Å². The summed E-state index contributed by atoms with van der Waals surface area (Å²) in [6, 6.07) is 22.2. The van der Waals surface area contributed by atoms with E-state index >= 15 is 0 Å². The van der Waals surface area contributed by atoms with E-state index in [4.69, 9.17) is 0 Å². The molecule has 0 saturated heterocycles. The monoisotopic (exact) mass is 563 g/mol. The summed E-state index contributed by atoms with van der Waals surface area (Å²) in [6.45, 7) is 0.132. The fourth-order valence-electron chi connectivity index (χ4n) is 4.46. The maximum Gasteiger partial charge on any atom is 0.416 e.